The molecule has 0 heterocycles. The SMILES string of the molecule is [B]CCB=C. The Morgan fingerprint density at radius 3 is 2.40 bits per heavy atom. The van der Waals surface area contributed by atoms with E-state index in [1.807, 2.05) is 0 Å². The summed E-state index contributed by atoms with van der Waals surface area (Å²) >= 11 is 0. The van der Waals surface area contributed by atoms with Gasteiger partial charge in [-0.2, -0.15) is 0 Å². The van der Waals surface area contributed by atoms with E-state index in [1.54, 1.807) is 6.92 Å². The fourth-order valence-electron chi connectivity index (χ4n) is 0.118. The molecule has 0 aromatic rings. The number of hydrogen-bond acceptors (Lipinski definition) is 0. The van der Waals surface area contributed by atoms with Crippen molar-refractivity contribution in [2.45, 2.75) is 12.6 Å². The first-order valence-electron chi connectivity index (χ1n) is 1.72. The second-order valence-corrected chi connectivity index (χ2v) is 0.866. The summed E-state index contributed by atoms with van der Waals surface area (Å²) in [6, 6.07) is 0. The van der Waals surface area contributed by atoms with Crippen molar-refractivity contribution in [2.75, 3.05) is 0 Å². The molecule has 0 aromatic heterocycles. The van der Waals surface area contributed by atoms with E-state index < -0.39 is 0 Å². The average Bonchev–Trinajstić information content (AvgIpc) is 1.41. The Kier molecular flexibility index (Phi) is 4.00. The predicted octanol–water partition coefficient (Wildman–Crippen LogP) is 0.128. The molecule has 0 aromatic carbocycles. The molecular weight excluding hydrogens is 57.7 g/mol. The van der Waals surface area contributed by atoms with Crippen molar-refractivity contribution in [3.63, 3.8) is 0 Å². The van der Waals surface area contributed by atoms with Crippen molar-refractivity contribution in [3.8, 4) is 0 Å². The molecule has 0 aliphatic heterocycles. The van der Waals surface area contributed by atoms with Gasteiger partial charge in [0.25, 0.3) is 0 Å². The molecule has 0 amide bonds. The van der Waals surface area contributed by atoms with Gasteiger partial charge in [0, 0.05) is 0 Å². The molecule has 0 saturated heterocycles. The van der Waals surface area contributed by atoms with E-state index in [1.165, 1.54) is 0 Å². The molecular formula is C3H6B2. The maximum absolute atomic E-state index is 5.07. The molecule has 2 radical (unpaired) electrons. The van der Waals surface area contributed by atoms with Gasteiger partial charge in [0.15, 0.2) is 0 Å². The zero-order valence-electron chi connectivity index (χ0n) is 3.28. The van der Waals surface area contributed by atoms with Crippen LogP contribution in [0.1, 0.15) is 0 Å². The monoisotopic (exact) mass is 64.1 g/mol. The van der Waals surface area contributed by atoms with Crippen molar-refractivity contribution in [3.05, 3.63) is 0 Å². The van der Waals surface area contributed by atoms with Crippen LogP contribution in [0, 0.1) is 0 Å². The standard InChI is InChI=1S/C3H6B2/c1-5-3-2-4/h1-3H2. The summed E-state index contributed by atoms with van der Waals surface area (Å²) in [6.07, 6.45) is 1.66. The van der Waals surface area contributed by atoms with Gasteiger partial charge in [-0.15, -0.1) is 0 Å². The minimum absolute atomic E-state index is 0.726. The van der Waals surface area contributed by atoms with E-state index in [0.717, 1.165) is 12.6 Å². The van der Waals surface area contributed by atoms with E-state index in [0.29, 0.717) is 0 Å². The second-order valence-electron chi connectivity index (χ2n) is 0.866. The van der Waals surface area contributed by atoms with Gasteiger partial charge >= 0.3 is 33.9 Å². The topological polar surface area (TPSA) is 0 Å². The molecule has 0 fully saturated rings. The molecule has 0 N–H and O–H groups in total. The molecule has 0 atom stereocenters. The maximum atomic E-state index is 5.07. The van der Waals surface area contributed by atoms with Crippen LogP contribution in [0.2, 0.25) is 12.6 Å². The first-order chi connectivity index (χ1) is 2.41. The Labute approximate surface area is 34.9 Å². The molecule has 0 bridgehead atoms. The second kappa shape index (κ2) is 4.00. The Hall–Kier alpha value is -0.000130. The third-order valence-electron chi connectivity index (χ3n) is 0.371. The molecule has 0 unspecified atom stereocenters. The average molecular weight is 63.7 g/mol. The van der Waals surface area contributed by atoms with Gasteiger partial charge in [-0.1, -0.05) is 0 Å². The molecule has 0 nitrogen and oxygen atoms in total. The van der Waals surface area contributed by atoms with Gasteiger partial charge in [-0.25, -0.2) is 0 Å². The fraction of sp³-hybridized carbons (Fsp3) is 0.667. The Bertz CT molecular complexity index is 26.1. The summed E-state index contributed by atoms with van der Waals surface area (Å²) in [7, 11) is 5.07. The normalized spacial score (nSPS) is 6.40. The van der Waals surface area contributed by atoms with Crippen LogP contribution < -0.4 is 0 Å². The van der Waals surface area contributed by atoms with E-state index in [2.05, 4.69) is 6.47 Å². The van der Waals surface area contributed by atoms with E-state index in [-0.39, 0.29) is 0 Å². The van der Waals surface area contributed by atoms with Gasteiger partial charge in [0.05, 0.1) is 0 Å². The summed E-state index contributed by atoms with van der Waals surface area (Å²) in [5, 5.41) is 0. The summed E-state index contributed by atoms with van der Waals surface area (Å²) in [5.74, 6) is 0. The van der Waals surface area contributed by atoms with Gasteiger partial charge in [0.1, 0.15) is 0 Å². The zero-order chi connectivity index (χ0) is 4.12. The van der Waals surface area contributed by atoms with Crippen LogP contribution in [0.25, 0.3) is 0 Å². The molecule has 0 aliphatic rings. The molecule has 24 valence electrons. The Morgan fingerprint density at radius 1 is 1.80 bits per heavy atom. The van der Waals surface area contributed by atoms with Crippen molar-refractivity contribution in [2.24, 2.45) is 0 Å². The minimum atomic E-state index is 0.726. The first-order valence-corrected chi connectivity index (χ1v) is 1.72. The van der Waals surface area contributed by atoms with Gasteiger partial charge < -0.3 is 0 Å². The van der Waals surface area contributed by atoms with E-state index >= 15 is 0 Å². The molecule has 0 saturated carbocycles. The van der Waals surface area contributed by atoms with Crippen molar-refractivity contribution in [1.29, 1.82) is 0 Å². The van der Waals surface area contributed by atoms with Crippen molar-refractivity contribution >= 4 is 21.2 Å². The van der Waals surface area contributed by atoms with Crippen LogP contribution in [0.3, 0.4) is 0 Å². The molecule has 0 aliphatic carbocycles. The summed E-state index contributed by atoms with van der Waals surface area (Å²) in [4.78, 5) is 0. The van der Waals surface area contributed by atoms with Crippen LogP contribution in [0.4, 0.5) is 0 Å². The molecule has 0 rings (SSSR count). The van der Waals surface area contributed by atoms with Gasteiger partial charge in [-0.05, 0) is 0 Å². The van der Waals surface area contributed by atoms with E-state index in [4.69, 9.17) is 7.85 Å². The molecule has 2 heteroatoms. The van der Waals surface area contributed by atoms with Crippen LogP contribution in [-0.4, -0.2) is 21.2 Å². The zero-order valence-corrected chi connectivity index (χ0v) is 3.28. The van der Waals surface area contributed by atoms with Gasteiger partial charge in [0.2, 0.25) is 0 Å². The van der Waals surface area contributed by atoms with Crippen LogP contribution >= 0.6 is 0 Å². The molecule has 0 spiro atoms. The first kappa shape index (κ1) is 5.00. The summed E-state index contributed by atoms with van der Waals surface area (Å²) in [6.45, 7) is 5.28. The Morgan fingerprint density at radius 2 is 2.40 bits per heavy atom. The molecule has 5 heavy (non-hydrogen) atoms. The van der Waals surface area contributed by atoms with Crippen molar-refractivity contribution < 1.29 is 0 Å². The van der Waals surface area contributed by atoms with E-state index in [9.17, 15) is 0 Å². The van der Waals surface area contributed by atoms with Crippen LogP contribution in [0.5, 0.6) is 0 Å². The fourth-order valence-corrected chi connectivity index (χ4v) is 0.118. The number of rotatable bonds is 2. The van der Waals surface area contributed by atoms with Gasteiger partial charge in [-0.3, -0.25) is 0 Å². The van der Waals surface area contributed by atoms with Crippen molar-refractivity contribution in [1.82, 2.24) is 0 Å². The summed E-state index contributed by atoms with van der Waals surface area (Å²) < 4.78 is 0. The third kappa shape index (κ3) is 4.00. The third-order valence-corrected chi connectivity index (χ3v) is 0.371. The predicted molar refractivity (Wildman–Crippen MR) is 28.2 cm³/mol. The van der Waals surface area contributed by atoms with Crippen LogP contribution in [0.15, 0.2) is 0 Å². The summed E-state index contributed by atoms with van der Waals surface area (Å²) in [5.41, 5.74) is 0. The van der Waals surface area contributed by atoms with Crippen LogP contribution in [-0.2, 0) is 0 Å². The number of hydrogen-bond donors (Lipinski definition) is 0. The Balaban J connectivity index is 2.40. The quantitative estimate of drug-likeness (QED) is 0.400.